The number of aryl methyl sites for hydroxylation is 1. The number of amides is 1. The summed E-state index contributed by atoms with van der Waals surface area (Å²) in [6, 6.07) is 11.3. The number of hydrogen-bond acceptors (Lipinski definition) is 3. The van der Waals surface area contributed by atoms with Crippen molar-refractivity contribution in [2.75, 3.05) is 20.1 Å². The standard InChI is InChI=1S/C22H26N2O2/c1-4-11-24-12-10-15-6-5-7-17-19(15)18(24)13-16-9-8-14(2)21(20(16)17)26-22(25)23-3/h5-9,18H,4,10-13H2,1-3H3,(H,23,25). The first-order valence-corrected chi connectivity index (χ1v) is 9.52. The second-order valence-electron chi connectivity index (χ2n) is 7.27. The highest BCUT2D eigenvalue weighted by atomic mass is 16.6. The molecule has 1 aliphatic carbocycles. The summed E-state index contributed by atoms with van der Waals surface area (Å²) in [4.78, 5) is 14.5. The minimum atomic E-state index is -0.416. The molecule has 0 fully saturated rings. The molecule has 136 valence electrons. The molecule has 2 aromatic rings. The highest BCUT2D eigenvalue weighted by Crippen LogP contribution is 2.49. The van der Waals surface area contributed by atoms with E-state index in [2.05, 4.69) is 47.5 Å². The van der Waals surface area contributed by atoms with E-state index in [1.807, 2.05) is 6.92 Å². The Labute approximate surface area is 155 Å². The van der Waals surface area contributed by atoms with Crippen molar-refractivity contribution in [2.24, 2.45) is 0 Å². The van der Waals surface area contributed by atoms with Gasteiger partial charge in [-0.2, -0.15) is 0 Å². The van der Waals surface area contributed by atoms with E-state index in [1.165, 1.54) is 28.7 Å². The van der Waals surface area contributed by atoms with Crippen LogP contribution in [0.5, 0.6) is 5.75 Å². The van der Waals surface area contributed by atoms with Crippen molar-refractivity contribution in [1.29, 1.82) is 0 Å². The third-order valence-corrected chi connectivity index (χ3v) is 5.67. The molecular formula is C22H26N2O2. The number of carbonyl (C=O) groups is 1. The van der Waals surface area contributed by atoms with Gasteiger partial charge in [0.1, 0.15) is 5.75 Å². The maximum absolute atomic E-state index is 11.9. The van der Waals surface area contributed by atoms with Gasteiger partial charge in [0.2, 0.25) is 0 Å². The van der Waals surface area contributed by atoms with Crippen LogP contribution in [0, 0.1) is 6.92 Å². The van der Waals surface area contributed by atoms with Crippen LogP contribution in [-0.4, -0.2) is 31.1 Å². The van der Waals surface area contributed by atoms with Crippen molar-refractivity contribution in [3.63, 3.8) is 0 Å². The van der Waals surface area contributed by atoms with Crippen molar-refractivity contribution >= 4 is 6.09 Å². The Kier molecular flexibility index (Phi) is 4.45. The Balaban J connectivity index is 1.90. The van der Waals surface area contributed by atoms with Crippen LogP contribution in [0.4, 0.5) is 4.79 Å². The number of rotatable bonds is 3. The van der Waals surface area contributed by atoms with Gasteiger partial charge in [-0.25, -0.2) is 4.79 Å². The molecule has 2 aromatic carbocycles. The van der Waals surface area contributed by atoms with Crippen LogP contribution in [0.3, 0.4) is 0 Å². The highest BCUT2D eigenvalue weighted by molar-refractivity contribution is 5.84. The summed E-state index contributed by atoms with van der Waals surface area (Å²) in [6.07, 6.45) is 2.82. The summed E-state index contributed by atoms with van der Waals surface area (Å²) >= 11 is 0. The molecule has 1 N–H and O–H groups in total. The van der Waals surface area contributed by atoms with Gasteiger partial charge in [-0.05, 0) is 60.5 Å². The molecule has 4 heteroatoms. The van der Waals surface area contributed by atoms with Gasteiger partial charge in [-0.15, -0.1) is 0 Å². The number of carbonyl (C=O) groups excluding carboxylic acids is 1. The molecule has 2 aliphatic rings. The Morgan fingerprint density at radius 3 is 2.88 bits per heavy atom. The average Bonchev–Trinajstić information content (AvgIpc) is 2.66. The fraction of sp³-hybridized carbons (Fsp3) is 0.409. The normalized spacial score (nSPS) is 18.0. The average molecular weight is 350 g/mol. The van der Waals surface area contributed by atoms with Gasteiger partial charge in [-0.3, -0.25) is 4.90 Å². The molecule has 0 bridgehead atoms. The summed E-state index contributed by atoms with van der Waals surface area (Å²) < 4.78 is 5.69. The molecule has 0 spiro atoms. The van der Waals surface area contributed by atoms with Crippen LogP contribution >= 0.6 is 0 Å². The summed E-state index contributed by atoms with van der Waals surface area (Å²) in [7, 11) is 1.59. The van der Waals surface area contributed by atoms with E-state index in [0.29, 0.717) is 11.8 Å². The summed E-state index contributed by atoms with van der Waals surface area (Å²) in [5.41, 5.74) is 7.47. The number of nitrogens with zero attached hydrogens (tertiary/aromatic N) is 1. The van der Waals surface area contributed by atoms with Crippen molar-refractivity contribution < 1.29 is 9.53 Å². The first-order chi connectivity index (χ1) is 12.6. The van der Waals surface area contributed by atoms with Gasteiger partial charge in [0.25, 0.3) is 0 Å². The molecule has 1 unspecified atom stereocenters. The number of fused-ring (bicyclic) bond motifs is 2. The second-order valence-corrected chi connectivity index (χ2v) is 7.27. The van der Waals surface area contributed by atoms with Crippen molar-refractivity contribution in [3.05, 3.63) is 52.6 Å². The largest absolute Gasteiger partial charge is 0.412 e. The quantitative estimate of drug-likeness (QED) is 0.900. The lowest BCUT2D eigenvalue weighted by Gasteiger charge is -2.42. The van der Waals surface area contributed by atoms with E-state index in [4.69, 9.17) is 4.74 Å². The first-order valence-electron chi connectivity index (χ1n) is 9.52. The third kappa shape index (κ3) is 2.69. The van der Waals surface area contributed by atoms with E-state index in [-0.39, 0.29) is 0 Å². The third-order valence-electron chi connectivity index (χ3n) is 5.67. The molecule has 26 heavy (non-hydrogen) atoms. The van der Waals surface area contributed by atoms with Gasteiger partial charge in [0, 0.05) is 25.2 Å². The first kappa shape index (κ1) is 17.1. The zero-order valence-corrected chi connectivity index (χ0v) is 15.8. The maximum atomic E-state index is 11.9. The molecule has 1 amide bonds. The zero-order valence-electron chi connectivity index (χ0n) is 15.8. The monoisotopic (exact) mass is 350 g/mol. The lowest BCUT2D eigenvalue weighted by atomic mass is 9.76. The smallest absolute Gasteiger partial charge is 0.409 e. The van der Waals surface area contributed by atoms with Gasteiger partial charge >= 0.3 is 6.09 Å². The van der Waals surface area contributed by atoms with E-state index in [1.54, 1.807) is 7.05 Å². The Morgan fingerprint density at radius 2 is 2.12 bits per heavy atom. The number of benzene rings is 2. The number of nitrogens with one attached hydrogen (secondary N) is 1. The summed E-state index contributed by atoms with van der Waals surface area (Å²) in [6.45, 7) is 6.50. The highest BCUT2D eigenvalue weighted by Gasteiger charge is 2.35. The summed E-state index contributed by atoms with van der Waals surface area (Å²) in [5, 5.41) is 2.57. The van der Waals surface area contributed by atoms with Gasteiger partial charge in [0.15, 0.2) is 0 Å². The predicted octanol–water partition coefficient (Wildman–Crippen LogP) is 4.25. The zero-order chi connectivity index (χ0) is 18.3. The fourth-order valence-electron chi connectivity index (χ4n) is 4.51. The van der Waals surface area contributed by atoms with Crippen LogP contribution in [0.15, 0.2) is 30.3 Å². The molecule has 0 radical (unpaired) electrons. The number of ether oxygens (including phenoxy) is 1. The van der Waals surface area contributed by atoms with Crippen molar-refractivity contribution in [1.82, 2.24) is 10.2 Å². The van der Waals surface area contributed by atoms with E-state index in [9.17, 15) is 4.79 Å². The van der Waals surface area contributed by atoms with Gasteiger partial charge in [-0.1, -0.05) is 37.3 Å². The topological polar surface area (TPSA) is 41.6 Å². The lowest BCUT2D eigenvalue weighted by Crippen LogP contribution is -2.39. The SMILES string of the molecule is CCCN1CCc2cccc3c2C1Cc1ccc(C)c(OC(=O)NC)c1-3. The predicted molar refractivity (Wildman–Crippen MR) is 104 cm³/mol. The fourth-order valence-corrected chi connectivity index (χ4v) is 4.51. The van der Waals surface area contributed by atoms with Crippen molar-refractivity contribution in [3.8, 4) is 16.9 Å². The van der Waals surface area contributed by atoms with E-state index in [0.717, 1.165) is 37.1 Å². The van der Waals surface area contributed by atoms with Crippen molar-refractivity contribution in [2.45, 2.75) is 39.2 Å². The maximum Gasteiger partial charge on any atom is 0.412 e. The van der Waals surface area contributed by atoms with Crippen LogP contribution in [0.1, 0.15) is 41.6 Å². The van der Waals surface area contributed by atoms with Crippen LogP contribution < -0.4 is 10.1 Å². The second kappa shape index (κ2) is 6.76. The molecule has 1 aliphatic heterocycles. The van der Waals surface area contributed by atoms with Gasteiger partial charge < -0.3 is 10.1 Å². The Hall–Kier alpha value is -2.33. The van der Waals surface area contributed by atoms with Crippen LogP contribution in [-0.2, 0) is 12.8 Å². The van der Waals surface area contributed by atoms with Gasteiger partial charge in [0.05, 0.1) is 0 Å². The summed E-state index contributed by atoms with van der Waals surface area (Å²) in [5.74, 6) is 0.696. The molecule has 1 heterocycles. The molecule has 0 saturated carbocycles. The molecular weight excluding hydrogens is 324 g/mol. The van der Waals surface area contributed by atoms with E-state index >= 15 is 0 Å². The molecule has 0 saturated heterocycles. The molecule has 1 atom stereocenters. The molecule has 0 aromatic heterocycles. The molecule has 4 rings (SSSR count). The van der Waals surface area contributed by atoms with Crippen LogP contribution in [0.25, 0.3) is 11.1 Å². The minimum Gasteiger partial charge on any atom is -0.409 e. The molecule has 4 nitrogen and oxygen atoms in total. The van der Waals surface area contributed by atoms with E-state index < -0.39 is 6.09 Å². The Bertz CT molecular complexity index is 859. The number of hydrogen-bond donors (Lipinski definition) is 1. The lowest BCUT2D eigenvalue weighted by molar-refractivity contribution is 0.182. The minimum absolute atomic E-state index is 0.416. The Morgan fingerprint density at radius 1 is 1.27 bits per heavy atom. The van der Waals surface area contributed by atoms with Crippen LogP contribution in [0.2, 0.25) is 0 Å².